The Bertz CT molecular complexity index is 1330. The summed E-state index contributed by atoms with van der Waals surface area (Å²) in [5.41, 5.74) is 1.07. The Kier molecular flexibility index (Phi) is 6.65. The van der Waals surface area contributed by atoms with Crippen molar-refractivity contribution in [3.05, 3.63) is 89.1 Å². The van der Waals surface area contributed by atoms with Crippen molar-refractivity contribution in [1.29, 1.82) is 0 Å². The molecule has 34 heavy (non-hydrogen) atoms. The van der Waals surface area contributed by atoms with E-state index >= 15 is 0 Å². The quantitative estimate of drug-likeness (QED) is 0.334. The van der Waals surface area contributed by atoms with E-state index in [2.05, 4.69) is 16.4 Å². The topological polar surface area (TPSA) is 88.5 Å². The standard InChI is InChI=1S/C27H26N2O4S/c1-27(2,3)33-26(32)28-21(16-17-13-14-18-9-7-8-12-20(18)15-17)24-29-22(25(30)31)23(34-24)19-10-5-4-6-11-19/h4-15,21H,16H2,1-3H3,(H,28,32)(H,30,31)/t21-/m1/s1. The predicted octanol–water partition coefficient (Wildman–Crippen LogP) is 6.47. The number of nitrogens with one attached hydrogen (secondary N) is 1. The van der Waals surface area contributed by atoms with Gasteiger partial charge in [0.2, 0.25) is 0 Å². The van der Waals surface area contributed by atoms with Crippen LogP contribution in [0.3, 0.4) is 0 Å². The smallest absolute Gasteiger partial charge is 0.408 e. The molecule has 0 bridgehead atoms. The summed E-state index contributed by atoms with van der Waals surface area (Å²) in [6.07, 6.45) is -0.142. The second kappa shape index (κ2) is 9.65. The van der Waals surface area contributed by atoms with Gasteiger partial charge in [-0.15, -0.1) is 11.3 Å². The van der Waals surface area contributed by atoms with E-state index < -0.39 is 23.7 Å². The van der Waals surface area contributed by atoms with Gasteiger partial charge < -0.3 is 15.2 Å². The molecular weight excluding hydrogens is 448 g/mol. The number of nitrogens with zero attached hydrogens (tertiary/aromatic N) is 1. The van der Waals surface area contributed by atoms with Crippen molar-refractivity contribution < 1.29 is 19.4 Å². The van der Waals surface area contributed by atoms with Gasteiger partial charge in [0.05, 0.1) is 10.9 Å². The zero-order chi connectivity index (χ0) is 24.3. The van der Waals surface area contributed by atoms with Gasteiger partial charge in [-0.05, 0) is 49.1 Å². The maximum Gasteiger partial charge on any atom is 0.408 e. The van der Waals surface area contributed by atoms with Crippen molar-refractivity contribution in [3.8, 4) is 10.4 Å². The molecule has 1 heterocycles. The highest BCUT2D eigenvalue weighted by molar-refractivity contribution is 7.15. The third-order valence-electron chi connectivity index (χ3n) is 5.13. The molecule has 0 spiro atoms. The molecule has 1 amide bonds. The number of aromatic carboxylic acids is 1. The Morgan fingerprint density at radius 1 is 1.00 bits per heavy atom. The highest BCUT2D eigenvalue weighted by Gasteiger charge is 2.27. The molecule has 0 fully saturated rings. The van der Waals surface area contributed by atoms with Gasteiger partial charge in [0.1, 0.15) is 10.6 Å². The lowest BCUT2D eigenvalue weighted by atomic mass is 10.0. The second-order valence-corrected chi connectivity index (χ2v) is 10.0. The number of alkyl carbamates (subject to hydrolysis) is 1. The van der Waals surface area contributed by atoms with Crippen LogP contribution in [-0.2, 0) is 11.2 Å². The normalized spacial score (nSPS) is 12.3. The summed E-state index contributed by atoms with van der Waals surface area (Å²) in [6, 6.07) is 22.9. The zero-order valence-corrected chi connectivity index (χ0v) is 20.1. The Morgan fingerprint density at radius 2 is 1.68 bits per heavy atom. The Morgan fingerprint density at radius 3 is 2.35 bits per heavy atom. The zero-order valence-electron chi connectivity index (χ0n) is 19.2. The lowest BCUT2D eigenvalue weighted by Gasteiger charge is -2.23. The van der Waals surface area contributed by atoms with Crippen molar-refractivity contribution in [1.82, 2.24) is 10.3 Å². The van der Waals surface area contributed by atoms with Crippen molar-refractivity contribution in [2.45, 2.75) is 38.8 Å². The first-order valence-corrected chi connectivity index (χ1v) is 11.8. The van der Waals surface area contributed by atoms with Gasteiger partial charge >= 0.3 is 12.1 Å². The molecule has 6 nitrogen and oxygen atoms in total. The number of thiazole rings is 1. The van der Waals surface area contributed by atoms with Crippen LogP contribution in [-0.4, -0.2) is 27.8 Å². The van der Waals surface area contributed by atoms with Gasteiger partial charge in [-0.25, -0.2) is 14.6 Å². The van der Waals surface area contributed by atoms with Crippen LogP contribution in [0.25, 0.3) is 21.2 Å². The summed E-state index contributed by atoms with van der Waals surface area (Å²) in [5.74, 6) is -1.11. The molecule has 0 saturated heterocycles. The number of ether oxygens (including phenoxy) is 1. The largest absolute Gasteiger partial charge is 0.476 e. The van der Waals surface area contributed by atoms with E-state index in [1.54, 1.807) is 20.8 Å². The second-order valence-electron chi connectivity index (χ2n) is 8.99. The van der Waals surface area contributed by atoms with E-state index in [-0.39, 0.29) is 5.69 Å². The van der Waals surface area contributed by atoms with E-state index in [0.29, 0.717) is 16.3 Å². The highest BCUT2D eigenvalue weighted by Crippen LogP contribution is 2.34. The molecule has 4 rings (SSSR count). The van der Waals surface area contributed by atoms with Gasteiger partial charge in [0.15, 0.2) is 5.69 Å². The monoisotopic (exact) mass is 474 g/mol. The Balaban J connectivity index is 1.72. The van der Waals surface area contributed by atoms with E-state index in [9.17, 15) is 14.7 Å². The van der Waals surface area contributed by atoms with Crippen LogP contribution in [0, 0.1) is 0 Å². The van der Waals surface area contributed by atoms with Crippen LogP contribution in [0.15, 0.2) is 72.8 Å². The summed E-state index contributed by atoms with van der Waals surface area (Å²) in [5, 5.41) is 15.4. The average molecular weight is 475 g/mol. The minimum atomic E-state index is -1.11. The number of benzene rings is 3. The molecule has 1 atom stereocenters. The molecule has 0 unspecified atom stereocenters. The Hall–Kier alpha value is -3.71. The molecule has 7 heteroatoms. The number of carboxylic acids is 1. The average Bonchev–Trinajstić information content (AvgIpc) is 3.24. The number of carbonyl (C=O) groups excluding carboxylic acids is 1. The summed E-state index contributed by atoms with van der Waals surface area (Å²) in [7, 11) is 0. The molecule has 0 aliphatic heterocycles. The van der Waals surface area contributed by atoms with Gasteiger partial charge in [-0.1, -0.05) is 72.8 Å². The summed E-state index contributed by atoms with van der Waals surface area (Å²) in [4.78, 5) is 29.6. The fourth-order valence-electron chi connectivity index (χ4n) is 3.67. The van der Waals surface area contributed by atoms with Crippen LogP contribution in [0.5, 0.6) is 0 Å². The molecule has 0 aliphatic carbocycles. The minimum Gasteiger partial charge on any atom is -0.476 e. The predicted molar refractivity (Wildman–Crippen MR) is 134 cm³/mol. The minimum absolute atomic E-state index is 0.0271. The molecule has 0 radical (unpaired) electrons. The maximum absolute atomic E-state index is 12.7. The van der Waals surface area contributed by atoms with Crippen molar-refractivity contribution >= 4 is 34.2 Å². The first kappa shape index (κ1) is 23.4. The molecule has 2 N–H and O–H groups in total. The summed E-state index contributed by atoms with van der Waals surface area (Å²) >= 11 is 1.27. The molecule has 0 saturated carbocycles. The fraction of sp³-hybridized carbons (Fsp3) is 0.222. The first-order valence-electron chi connectivity index (χ1n) is 11.0. The number of aromatic nitrogens is 1. The van der Waals surface area contributed by atoms with Crippen molar-refractivity contribution in [2.75, 3.05) is 0 Å². The number of hydrogen-bond donors (Lipinski definition) is 2. The SMILES string of the molecule is CC(C)(C)OC(=O)N[C@H](Cc1ccc2ccccc2c1)c1nc(C(=O)O)c(-c2ccccc2)s1. The van der Waals surface area contributed by atoms with E-state index in [4.69, 9.17) is 4.74 Å². The van der Waals surface area contributed by atoms with Crippen LogP contribution < -0.4 is 5.32 Å². The summed E-state index contributed by atoms with van der Waals surface area (Å²) in [6.45, 7) is 5.39. The van der Waals surface area contributed by atoms with Crippen LogP contribution >= 0.6 is 11.3 Å². The number of hydrogen-bond acceptors (Lipinski definition) is 5. The van der Waals surface area contributed by atoms with Crippen LogP contribution in [0.4, 0.5) is 4.79 Å². The Labute approximate surface area is 202 Å². The van der Waals surface area contributed by atoms with Gasteiger partial charge in [-0.3, -0.25) is 0 Å². The van der Waals surface area contributed by atoms with Crippen molar-refractivity contribution in [3.63, 3.8) is 0 Å². The molecule has 0 aliphatic rings. The van der Waals surface area contributed by atoms with Gasteiger partial charge in [0, 0.05) is 0 Å². The summed E-state index contributed by atoms with van der Waals surface area (Å²) < 4.78 is 5.48. The lowest BCUT2D eigenvalue weighted by Crippen LogP contribution is -2.35. The third-order valence-corrected chi connectivity index (χ3v) is 6.34. The molecular formula is C27H26N2O4S. The van der Waals surface area contributed by atoms with Gasteiger partial charge in [-0.2, -0.15) is 0 Å². The van der Waals surface area contributed by atoms with Gasteiger partial charge in [0.25, 0.3) is 0 Å². The molecule has 4 aromatic rings. The molecule has 3 aromatic carbocycles. The number of rotatable bonds is 6. The third kappa shape index (κ3) is 5.61. The number of fused-ring (bicyclic) bond motifs is 1. The highest BCUT2D eigenvalue weighted by atomic mass is 32.1. The first-order chi connectivity index (χ1) is 16.2. The number of carbonyl (C=O) groups is 2. The fourth-order valence-corrected chi connectivity index (χ4v) is 4.78. The molecule has 1 aromatic heterocycles. The van der Waals surface area contributed by atoms with Crippen molar-refractivity contribution in [2.24, 2.45) is 0 Å². The molecule has 174 valence electrons. The maximum atomic E-state index is 12.7. The van der Waals surface area contributed by atoms with E-state index in [1.807, 2.05) is 66.7 Å². The lowest BCUT2D eigenvalue weighted by molar-refractivity contribution is 0.0503. The van der Waals surface area contributed by atoms with E-state index in [1.165, 1.54) is 11.3 Å². The van der Waals surface area contributed by atoms with Crippen LogP contribution in [0.2, 0.25) is 0 Å². The van der Waals surface area contributed by atoms with Crippen LogP contribution in [0.1, 0.15) is 47.9 Å². The van der Waals surface area contributed by atoms with E-state index in [0.717, 1.165) is 21.9 Å². The number of amides is 1. The number of carboxylic acid groups (broad SMARTS) is 1.